The van der Waals surface area contributed by atoms with E-state index in [2.05, 4.69) is 22.0 Å². The van der Waals surface area contributed by atoms with E-state index in [1.54, 1.807) is 7.11 Å². The lowest BCUT2D eigenvalue weighted by Gasteiger charge is -2.40. The predicted molar refractivity (Wildman–Crippen MR) is 85.9 cm³/mol. The molecule has 6 heteroatoms. The molecule has 1 amide bonds. The maximum atomic E-state index is 12.1. The third-order valence-corrected chi connectivity index (χ3v) is 4.74. The number of amides is 1. The Morgan fingerprint density at radius 3 is 2.87 bits per heavy atom. The van der Waals surface area contributed by atoms with E-state index in [0.717, 1.165) is 45.6 Å². The molecule has 1 aromatic rings. The van der Waals surface area contributed by atoms with Gasteiger partial charge in [-0.2, -0.15) is 0 Å². The molecule has 2 aliphatic rings. The summed E-state index contributed by atoms with van der Waals surface area (Å²) in [6.45, 7) is 4.32. The van der Waals surface area contributed by atoms with E-state index in [4.69, 9.17) is 9.47 Å². The molecule has 23 heavy (non-hydrogen) atoms. The van der Waals surface area contributed by atoms with Crippen LogP contribution in [0.15, 0.2) is 24.5 Å². The van der Waals surface area contributed by atoms with Crippen LogP contribution >= 0.6 is 0 Å². The summed E-state index contributed by atoms with van der Waals surface area (Å²) in [5, 5.41) is 0. The summed E-state index contributed by atoms with van der Waals surface area (Å²) in [5.41, 5.74) is 1.28. The Morgan fingerprint density at radius 1 is 1.30 bits per heavy atom. The number of carbonyl (C=O) groups excluding carboxylic acids is 1. The minimum Gasteiger partial charge on any atom is -0.375 e. The zero-order valence-electron chi connectivity index (χ0n) is 13.7. The lowest BCUT2D eigenvalue weighted by molar-refractivity contribution is -0.135. The van der Waals surface area contributed by atoms with Gasteiger partial charge in [0.1, 0.15) is 6.61 Å². The molecule has 0 spiro atoms. The van der Waals surface area contributed by atoms with Crippen LogP contribution < -0.4 is 0 Å². The number of likely N-dealkylation sites (tertiary alicyclic amines) is 1. The maximum absolute atomic E-state index is 12.1. The number of pyridine rings is 1. The topological polar surface area (TPSA) is 54.9 Å². The summed E-state index contributed by atoms with van der Waals surface area (Å²) in [6, 6.07) is 4.50. The Labute approximate surface area is 137 Å². The molecule has 126 valence electrons. The van der Waals surface area contributed by atoms with Gasteiger partial charge in [-0.05, 0) is 30.5 Å². The minimum atomic E-state index is 0.0758. The highest BCUT2D eigenvalue weighted by atomic mass is 16.5. The molecule has 2 unspecified atom stereocenters. The Balaban J connectivity index is 1.65. The predicted octanol–water partition coefficient (Wildman–Crippen LogP) is 0.920. The fraction of sp³-hybridized carbons (Fsp3) is 0.647. The quantitative estimate of drug-likeness (QED) is 0.826. The molecule has 2 atom stereocenters. The van der Waals surface area contributed by atoms with Crippen molar-refractivity contribution in [1.82, 2.24) is 14.8 Å². The van der Waals surface area contributed by atoms with Crippen molar-refractivity contribution in [2.24, 2.45) is 0 Å². The number of methoxy groups -OCH3 is 1. The minimum absolute atomic E-state index is 0.0758. The molecule has 0 radical (unpaired) electrons. The molecular weight excluding hydrogens is 294 g/mol. The van der Waals surface area contributed by atoms with Crippen LogP contribution in [-0.4, -0.2) is 72.8 Å². The van der Waals surface area contributed by atoms with Crippen LogP contribution in [0.1, 0.15) is 18.4 Å². The normalized spacial score (nSPS) is 25.7. The van der Waals surface area contributed by atoms with E-state index >= 15 is 0 Å². The zero-order valence-corrected chi connectivity index (χ0v) is 13.7. The Hall–Kier alpha value is -1.50. The number of aromatic nitrogens is 1. The maximum Gasteiger partial charge on any atom is 0.248 e. The molecule has 0 bridgehead atoms. The van der Waals surface area contributed by atoms with Crippen molar-refractivity contribution >= 4 is 5.91 Å². The third-order valence-electron chi connectivity index (χ3n) is 4.74. The number of carbonyl (C=O) groups is 1. The van der Waals surface area contributed by atoms with Crippen LogP contribution in [-0.2, 0) is 20.8 Å². The number of hydrogen-bond acceptors (Lipinski definition) is 5. The van der Waals surface area contributed by atoms with Crippen molar-refractivity contribution in [3.05, 3.63) is 30.1 Å². The highest BCUT2D eigenvalue weighted by molar-refractivity contribution is 5.77. The molecule has 0 saturated carbocycles. The van der Waals surface area contributed by atoms with Crippen LogP contribution in [0.2, 0.25) is 0 Å². The molecule has 6 nitrogen and oxygen atoms in total. The van der Waals surface area contributed by atoms with Crippen molar-refractivity contribution in [1.29, 1.82) is 0 Å². The molecule has 0 aromatic carbocycles. The van der Waals surface area contributed by atoms with Crippen LogP contribution in [0.25, 0.3) is 0 Å². The molecular formula is C17H25N3O3. The van der Waals surface area contributed by atoms with Gasteiger partial charge in [-0.1, -0.05) is 0 Å². The van der Waals surface area contributed by atoms with E-state index in [1.165, 1.54) is 5.56 Å². The molecule has 2 aliphatic heterocycles. The Bertz CT molecular complexity index is 511. The second-order valence-corrected chi connectivity index (χ2v) is 6.19. The fourth-order valence-electron chi connectivity index (χ4n) is 3.54. The molecule has 3 heterocycles. The van der Waals surface area contributed by atoms with Gasteiger partial charge in [0.2, 0.25) is 5.91 Å². The average molecular weight is 319 g/mol. The van der Waals surface area contributed by atoms with E-state index in [-0.39, 0.29) is 18.6 Å². The standard InChI is InChI=1S/C17H25N3O3/c1-22-13-17(21)19-8-4-15-16(5-9-19)23-11-10-20(15)12-14-2-6-18-7-3-14/h2-3,6-7,15-16H,4-5,8-13H2,1H3. The zero-order chi connectivity index (χ0) is 16.1. The van der Waals surface area contributed by atoms with E-state index < -0.39 is 0 Å². The Morgan fingerprint density at radius 2 is 2.09 bits per heavy atom. The summed E-state index contributed by atoms with van der Waals surface area (Å²) in [5.74, 6) is 0.0758. The number of rotatable bonds is 4. The first-order valence-corrected chi connectivity index (χ1v) is 8.29. The van der Waals surface area contributed by atoms with Crippen molar-refractivity contribution < 1.29 is 14.3 Å². The second-order valence-electron chi connectivity index (χ2n) is 6.19. The number of fused-ring (bicyclic) bond motifs is 1. The molecule has 2 fully saturated rings. The monoisotopic (exact) mass is 319 g/mol. The lowest BCUT2D eigenvalue weighted by Crippen LogP contribution is -2.50. The number of hydrogen-bond donors (Lipinski definition) is 0. The SMILES string of the molecule is COCC(=O)N1CCC2OCCN(Cc3ccncc3)C2CC1. The van der Waals surface area contributed by atoms with Gasteiger partial charge in [0.15, 0.2) is 0 Å². The van der Waals surface area contributed by atoms with E-state index in [1.807, 2.05) is 17.3 Å². The van der Waals surface area contributed by atoms with Crippen molar-refractivity contribution in [3.8, 4) is 0 Å². The molecule has 1 aromatic heterocycles. The number of morpholine rings is 1. The van der Waals surface area contributed by atoms with Gasteiger partial charge in [0.25, 0.3) is 0 Å². The first kappa shape index (κ1) is 16.4. The van der Waals surface area contributed by atoms with Gasteiger partial charge in [-0.3, -0.25) is 14.7 Å². The van der Waals surface area contributed by atoms with Gasteiger partial charge in [0.05, 0.1) is 12.7 Å². The fourth-order valence-corrected chi connectivity index (χ4v) is 3.54. The summed E-state index contributed by atoms with van der Waals surface area (Å²) in [6.07, 6.45) is 5.74. The first-order valence-electron chi connectivity index (χ1n) is 8.29. The number of ether oxygens (including phenoxy) is 2. The highest BCUT2D eigenvalue weighted by Crippen LogP contribution is 2.25. The molecule has 3 rings (SSSR count). The van der Waals surface area contributed by atoms with Crippen molar-refractivity contribution in [2.45, 2.75) is 31.5 Å². The summed E-state index contributed by atoms with van der Waals surface area (Å²) >= 11 is 0. The van der Waals surface area contributed by atoms with Crippen LogP contribution in [0.4, 0.5) is 0 Å². The van der Waals surface area contributed by atoms with E-state index in [9.17, 15) is 4.79 Å². The third kappa shape index (κ3) is 4.07. The van der Waals surface area contributed by atoms with Crippen LogP contribution in [0.3, 0.4) is 0 Å². The van der Waals surface area contributed by atoms with Crippen LogP contribution in [0, 0.1) is 0 Å². The van der Waals surface area contributed by atoms with Gasteiger partial charge in [-0.15, -0.1) is 0 Å². The van der Waals surface area contributed by atoms with Gasteiger partial charge >= 0.3 is 0 Å². The van der Waals surface area contributed by atoms with Crippen LogP contribution in [0.5, 0.6) is 0 Å². The van der Waals surface area contributed by atoms with Crippen molar-refractivity contribution in [3.63, 3.8) is 0 Å². The van der Waals surface area contributed by atoms with Crippen molar-refractivity contribution in [2.75, 3.05) is 40.0 Å². The second kappa shape index (κ2) is 7.86. The van der Waals surface area contributed by atoms with Gasteiger partial charge < -0.3 is 14.4 Å². The van der Waals surface area contributed by atoms with E-state index in [0.29, 0.717) is 6.04 Å². The average Bonchev–Trinajstić information content (AvgIpc) is 2.79. The Kier molecular flexibility index (Phi) is 5.59. The molecule has 0 aliphatic carbocycles. The van der Waals surface area contributed by atoms with Gasteiger partial charge in [0, 0.05) is 51.7 Å². The summed E-state index contributed by atoms with van der Waals surface area (Å²) in [4.78, 5) is 20.6. The summed E-state index contributed by atoms with van der Waals surface area (Å²) < 4.78 is 11.0. The molecule has 2 saturated heterocycles. The first-order chi connectivity index (χ1) is 11.3. The largest absolute Gasteiger partial charge is 0.375 e. The molecule has 0 N–H and O–H groups in total. The highest BCUT2D eigenvalue weighted by Gasteiger charge is 2.35. The summed E-state index contributed by atoms with van der Waals surface area (Å²) in [7, 11) is 1.56. The smallest absolute Gasteiger partial charge is 0.248 e. The lowest BCUT2D eigenvalue weighted by atomic mass is 10.0. The van der Waals surface area contributed by atoms with Gasteiger partial charge in [-0.25, -0.2) is 0 Å². The number of nitrogens with zero attached hydrogens (tertiary/aromatic N) is 3.